The summed E-state index contributed by atoms with van der Waals surface area (Å²) in [7, 11) is 0. The minimum atomic E-state index is 0.262. The molecule has 0 saturated heterocycles. The molecule has 0 unspecified atom stereocenters. The van der Waals surface area contributed by atoms with Gasteiger partial charge in [0.2, 0.25) is 5.91 Å². The first-order valence-corrected chi connectivity index (χ1v) is 5.16. The van der Waals surface area contributed by atoms with E-state index < -0.39 is 0 Å². The van der Waals surface area contributed by atoms with E-state index in [1.807, 2.05) is 24.0 Å². The lowest BCUT2D eigenvalue weighted by atomic mass is 10.0. The Morgan fingerprint density at radius 1 is 1.29 bits per heavy atom. The molecule has 1 heterocycles. The van der Waals surface area contributed by atoms with Crippen LogP contribution in [0.4, 0.5) is 0 Å². The number of fused-ring (bicyclic) bond motifs is 1. The van der Waals surface area contributed by atoms with Crippen LogP contribution in [-0.4, -0.2) is 23.9 Å². The Balaban J connectivity index is 2.28. The predicted molar refractivity (Wildman–Crippen MR) is 56.1 cm³/mol. The van der Waals surface area contributed by atoms with E-state index in [2.05, 4.69) is 12.1 Å². The predicted octanol–water partition coefficient (Wildman–Crippen LogP) is 1.63. The van der Waals surface area contributed by atoms with Crippen molar-refractivity contribution in [3.8, 4) is 0 Å². The van der Waals surface area contributed by atoms with Gasteiger partial charge in [-0.1, -0.05) is 24.3 Å². The molecular weight excluding hydrogens is 174 g/mol. The van der Waals surface area contributed by atoms with Crippen LogP contribution in [0.1, 0.15) is 18.1 Å². The number of benzene rings is 1. The van der Waals surface area contributed by atoms with Gasteiger partial charge in [0, 0.05) is 13.1 Å². The van der Waals surface area contributed by atoms with Crippen LogP contribution in [0, 0.1) is 0 Å². The highest BCUT2D eigenvalue weighted by Crippen LogP contribution is 2.15. The van der Waals surface area contributed by atoms with E-state index in [4.69, 9.17) is 0 Å². The van der Waals surface area contributed by atoms with Crippen LogP contribution in [0.5, 0.6) is 0 Å². The van der Waals surface area contributed by atoms with Gasteiger partial charge >= 0.3 is 0 Å². The Bertz CT molecular complexity index is 346. The molecule has 2 heteroatoms. The molecule has 0 fully saturated rings. The highest BCUT2D eigenvalue weighted by atomic mass is 16.2. The monoisotopic (exact) mass is 189 g/mol. The van der Waals surface area contributed by atoms with Crippen molar-refractivity contribution in [3.05, 3.63) is 35.4 Å². The first-order chi connectivity index (χ1) is 6.81. The molecule has 1 aliphatic rings. The van der Waals surface area contributed by atoms with Crippen molar-refractivity contribution in [2.45, 2.75) is 19.8 Å². The van der Waals surface area contributed by atoms with Crippen molar-refractivity contribution in [3.63, 3.8) is 0 Å². The van der Waals surface area contributed by atoms with Crippen molar-refractivity contribution in [1.29, 1.82) is 0 Å². The molecule has 2 rings (SSSR count). The zero-order valence-corrected chi connectivity index (χ0v) is 8.49. The number of likely N-dealkylation sites (N-methyl/N-ethyl adjacent to an activating group) is 1. The molecule has 1 aromatic rings. The van der Waals surface area contributed by atoms with Gasteiger partial charge in [0.25, 0.3) is 0 Å². The van der Waals surface area contributed by atoms with Crippen LogP contribution in [-0.2, 0) is 17.6 Å². The summed E-state index contributed by atoms with van der Waals surface area (Å²) in [6, 6.07) is 8.24. The third-order valence-electron chi connectivity index (χ3n) is 2.85. The molecule has 14 heavy (non-hydrogen) atoms. The Morgan fingerprint density at radius 2 is 2.00 bits per heavy atom. The summed E-state index contributed by atoms with van der Waals surface area (Å²) in [5, 5.41) is 0. The van der Waals surface area contributed by atoms with Gasteiger partial charge in [-0.2, -0.15) is 0 Å². The second-order valence-corrected chi connectivity index (χ2v) is 3.67. The number of carbonyl (C=O) groups is 1. The lowest BCUT2D eigenvalue weighted by Gasteiger charge is -2.17. The first kappa shape index (κ1) is 9.25. The van der Waals surface area contributed by atoms with Crippen molar-refractivity contribution < 1.29 is 4.79 Å². The normalized spacial score (nSPS) is 16.4. The van der Waals surface area contributed by atoms with E-state index in [9.17, 15) is 4.79 Å². The van der Waals surface area contributed by atoms with Crippen molar-refractivity contribution in [2.24, 2.45) is 0 Å². The minimum Gasteiger partial charge on any atom is -0.342 e. The van der Waals surface area contributed by atoms with Crippen LogP contribution in [0.15, 0.2) is 24.3 Å². The number of rotatable bonds is 1. The lowest BCUT2D eigenvalue weighted by Crippen LogP contribution is -2.31. The smallest absolute Gasteiger partial charge is 0.227 e. The molecule has 0 spiro atoms. The summed E-state index contributed by atoms with van der Waals surface area (Å²) in [5.74, 6) is 0.262. The first-order valence-electron chi connectivity index (χ1n) is 5.16. The van der Waals surface area contributed by atoms with Gasteiger partial charge in [-0.3, -0.25) is 4.79 Å². The molecule has 0 aromatic heterocycles. The topological polar surface area (TPSA) is 20.3 Å². The van der Waals surface area contributed by atoms with Crippen LogP contribution in [0.3, 0.4) is 0 Å². The summed E-state index contributed by atoms with van der Waals surface area (Å²) < 4.78 is 0. The summed E-state index contributed by atoms with van der Waals surface area (Å²) in [6.07, 6.45) is 1.57. The molecule has 0 aliphatic carbocycles. The molecule has 74 valence electrons. The van der Waals surface area contributed by atoms with E-state index >= 15 is 0 Å². The van der Waals surface area contributed by atoms with Gasteiger partial charge in [-0.15, -0.1) is 0 Å². The molecule has 0 N–H and O–H groups in total. The molecule has 1 amide bonds. The van der Waals surface area contributed by atoms with E-state index in [1.54, 1.807) is 0 Å². The number of amides is 1. The number of carbonyl (C=O) groups excluding carboxylic acids is 1. The fourth-order valence-corrected chi connectivity index (χ4v) is 1.96. The van der Waals surface area contributed by atoms with Crippen molar-refractivity contribution >= 4 is 5.91 Å². The van der Waals surface area contributed by atoms with Crippen LogP contribution in [0.2, 0.25) is 0 Å². The maximum atomic E-state index is 11.7. The Kier molecular flexibility index (Phi) is 2.53. The van der Waals surface area contributed by atoms with Gasteiger partial charge in [0.05, 0.1) is 6.42 Å². The number of hydrogen-bond acceptors (Lipinski definition) is 1. The van der Waals surface area contributed by atoms with E-state index in [1.165, 1.54) is 11.1 Å². The number of nitrogens with zero attached hydrogens (tertiary/aromatic N) is 1. The molecule has 0 radical (unpaired) electrons. The maximum Gasteiger partial charge on any atom is 0.227 e. The molecular formula is C12H15NO. The molecule has 0 bridgehead atoms. The zero-order chi connectivity index (χ0) is 9.97. The summed E-state index contributed by atoms with van der Waals surface area (Å²) in [4.78, 5) is 13.7. The third-order valence-corrected chi connectivity index (χ3v) is 2.85. The second-order valence-electron chi connectivity index (χ2n) is 3.67. The molecule has 1 aromatic carbocycles. The second kappa shape index (κ2) is 3.82. The fourth-order valence-electron chi connectivity index (χ4n) is 1.96. The zero-order valence-electron chi connectivity index (χ0n) is 8.49. The third kappa shape index (κ3) is 1.65. The average Bonchev–Trinajstić information content (AvgIpc) is 2.36. The van der Waals surface area contributed by atoms with Gasteiger partial charge in [0.1, 0.15) is 0 Å². The molecule has 0 saturated carbocycles. The Hall–Kier alpha value is -1.31. The number of hydrogen-bond donors (Lipinski definition) is 0. The van der Waals surface area contributed by atoms with E-state index in [-0.39, 0.29) is 5.91 Å². The van der Waals surface area contributed by atoms with Gasteiger partial charge in [-0.05, 0) is 24.5 Å². The van der Waals surface area contributed by atoms with Crippen LogP contribution < -0.4 is 0 Å². The highest BCUT2D eigenvalue weighted by Gasteiger charge is 2.18. The SMILES string of the molecule is CCN1CCc2ccccc2CC1=O. The largest absolute Gasteiger partial charge is 0.342 e. The molecule has 1 aliphatic heterocycles. The quantitative estimate of drug-likeness (QED) is 0.657. The van der Waals surface area contributed by atoms with Gasteiger partial charge in [-0.25, -0.2) is 0 Å². The summed E-state index contributed by atoms with van der Waals surface area (Å²) in [5.41, 5.74) is 2.53. The fraction of sp³-hybridized carbons (Fsp3) is 0.417. The highest BCUT2D eigenvalue weighted by molar-refractivity contribution is 5.79. The van der Waals surface area contributed by atoms with Crippen LogP contribution >= 0.6 is 0 Å². The van der Waals surface area contributed by atoms with Crippen molar-refractivity contribution in [1.82, 2.24) is 4.90 Å². The van der Waals surface area contributed by atoms with Gasteiger partial charge in [0.15, 0.2) is 0 Å². The standard InChI is InChI=1S/C12H15NO/c1-2-13-8-7-10-5-3-4-6-11(10)9-12(13)14/h3-6H,2,7-9H2,1H3. The summed E-state index contributed by atoms with van der Waals surface area (Å²) >= 11 is 0. The van der Waals surface area contributed by atoms with E-state index in [0.29, 0.717) is 6.42 Å². The maximum absolute atomic E-state index is 11.7. The summed E-state index contributed by atoms with van der Waals surface area (Å²) in [6.45, 7) is 3.73. The van der Waals surface area contributed by atoms with Crippen LogP contribution in [0.25, 0.3) is 0 Å². The average molecular weight is 189 g/mol. The lowest BCUT2D eigenvalue weighted by molar-refractivity contribution is -0.129. The van der Waals surface area contributed by atoms with Crippen molar-refractivity contribution in [2.75, 3.05) is 13.1 Å². The molecule has 0 atom stereocenters. The Morgan fingerprint density at radius 3 is 2.71 bits per heavy atom. The van der Waals surface area contributed by atoms with Gasteiger partial charge < -0.3 is 4.90 Å². The Labute approximate surface area is 84.5 Å². The minimum absolute atomic E-state index is 0.262. The molecule has 2 nitrogen and oxygen atoms in total. The van der Waals surface area contributed by atoms with E-state index in [0.717, 1.165) is 19.5 Å².